The van der Waals surface area contributed by atoms with Crippen LogP contribution in [0.4, 0.5) is 10.6 Å². The second-order valence-electron chi connectivity index (χ2n) is 12.4. The summed E-state index contributed by atoms with van der Waals surface area (Å²) < 4.78 is 8.06. The summed E-state index contributed by atoms with van der Waals surface area (Å²) in [7, 11) is 0. The summed E-state index contributed by atoms with van der Waals surface area (Å²) in [4.78, 5) is 23.8. The van der Waals surface area contributed by atoms with Gasteiger partial charge in [-0.05, 0) is 62.3 Å². The van der Waals surface area contributed by atoms with E-state index in [-0.39, 0.29) is 47.6 Å². The maximum absolute atomic E-state index is 13.1. The molecule has 1 aliphatic heterocycles. The van der Waals surface area contributed by atoms with Gasteiger partial charge in [0.15, 0.2) is 5.82 Å². The van der Waals surface area contributed by atoms with Gasteiger partial charge in [-0.1, -0.05) is 45.0 Å². The number of anilines is 1. The van der Waals surface area contributed by atoms with E-state index in [1.165, 1.54) is 0 Å². The van der Waals surface area contributed by atoms with Gasteiger partial charge in [0.25, 0.3) is 0 Å². The second-order valence-corrected chi connectivity index (χ2v) is 12.4. The van der Waals surface area contributed by atoms with E-state index in [9.17, 15) is 9.90 Å². The van der Waals surface area contributed by atoms with Crippen LogP contribution in [0.2, 0.25) is 0 Å². The van der Waals surface area contributed by atoms with E-state index in [4.69, 9.17) is 15.6 Å². The monoisotopic (exact) mass is 586 g/mol. The number of rotatable bonds is 5. The number of carbonyl (C=O) groups excluding carboxylic acids is 1. The van der Waals surface area contributed by atoms with Crippen LogP contribution >= 0.6 is 0 Å². The SMILES string of the molecule is C[C@H]1CCCCN1C(=N)n1cc(O[C@@H]2CC[C@H](NC(=O)Nc3cc(C(C)(C)C)nc(CO)n3)c3ccccc32)ccc1=N. The minimum atomic E-state index is -0.390. The average molecular weight is 587 g/mol. The number of nitrogens with one attached hydrogen (secondary N) is 4. The Morgan fingerprint density at radius 1 is 1.09 bits per heavy atom. The Hall–Kier alpha value is -4.25. The maximum atomic E-state index is 13.1. The van der Waals surface area contributed by atoms with Gasteiger partial charge in [0.05, 0.1) is 17.9 Å². The number of aliphatic hydroxyl groups is 1. The van der Waals surface area contributed by atoms with E-state index in [1.54, 1.807) is 29.0 Å². The molecule has 0 unspecified atom stereocenters. The first kappa shape index (κ1) is 30.2. The van der Waals surface area contributed by atoms with E-state index in [2.05, 4.69) is 32.4 Å². The predicted molar refractivity (Wildman–Crippen MR) is 164 cm³/mol. The fourth-order valence-electron chi connectivity index (χ4n) is 5.79. The van der Waals surface area contributed by atoms with Crippen molar-refractivity contribution in [3.05, 3.63) is 76.8 Å². The van der Waals surface area contributed by atoms with Crippen LogP contribution in [0.1, 0.15) is 94.6 Å². The molecule has 5 N–H and O–H groups in total. The van der Waals surface area contributed by atoms with Crippen LogP contribution in [0, 0.1) is 10.8 Å². The van der Waals surface area contributed by atoms with Gasteiger partial charge in [0.1, 0.15) is 29.8 Å². The first-order valence-electron chi connectivity index (χ1n) is 15.0. The molecular weight excluding hydrogens is 544 g/mol. The number of hydrogen-bond donors (Lipinski definition) is 5. The number of aliphatic hydroxyl groups excluding tert-OH is 1. The summed E-state index contributed by atoms with van der Waals surface area (Å²) in [5.74, 6) is 1.48. The molecule has 228 valence electrons. The van der Waals surface area contributed by atoms with Crippen LogP contribution in [-0.4, -0.2) is 49.1 Å². The molecule has 3 aromatic rings. The van der Waals surface area contributed by atoms with Crippen LogP contribution < -0.4 is 20.9 Å². The number of hydrogen-bond acceptors (Lipinski definition) is 7. The van der Waals surface area contributed by atoms with Crippen molar-refractivity contribution < 1.29 is 14.6 Å². The molecule has 11 nitrogen and oxygen atoms in total. The van der Waals surface area contributed by atoms with Crippen LogP contribution in [-0.2, 0) is 12.0 Å². The Bertz CT molecular complexity index is 1550. The lowest BCUT2D eigenvalue weighted by Gasteiger charge is -2.36. The van der Waals surface area contributed by atoms with Crippen LogP contribution in [0.25, 0.3) is 0 Å². The fourth-order valence-corrected chi connectivity index (χ4v) is 5.79. The Labute approximate surface area is 252 Å². The van der Waals surface area contributed by atoms with Gasteiger partial charge < -0.3 is 20.1 Å². The van der Waals surface area contributed by atoms with Gasteiger partial charge >= 0.3 is 6.03 Å². The van der Waals surface area contributed by atoms with Gasteiger partial charge in [0.2, 0.25) is 5.96 Å². The number of piperidine rings is 1. The summed E-state index contributed by atoms with van der Waals surface area (Å²) >= 11 is 0. The van der Waals surface area contributed by atoms with E-state index in [0.29, 0.717) is 30.4 Å². The molecule has 0 saturated carbocycles. The number of aromatic nitrogens is 3. The molecule has 2 amide bonds. The molecular formula is C32H42N8O3. The summed E-state index contributed by atoms with van der Waals surface area (Å²) in [6.07, 6.45) is 6.07. The molecule has 3 heterocycles. The first-order chi connectivity index (χ1) is 20.5. The van der Waals surface area contributed by atoms with Crippen molar-refractivity contribution in [3.63, 3.8) is 0 Å². The first-order valence-corrected chi connectivity index (χ1v) is 15.0. The van der Waals surface area contributed by atoms with Crippen molar-refractivity contribution in [1.82, 2.24) is 24.8 Å². The van der Waals surface area contributed by atoms with Gasteiger partial charge in [-0.2, -0.15) is 0 Å². The second kappa shape index (κ2) is 12.5. The highest BCUT2D eigenvalue weighted by Crippen LogP contribution is 2.38. The lowest BCUT2D eigenvalue weighted by molar-refractivity contribution is 0.171. The molecule has 2 aromatic heterocycles. The van der Waals surface area contributed by atoms with Gasteiger partial charge in [0, 0.05) is 24.1 Å². The summed E-state index contributed by atoms with van der Waals surface area (Å²) in [5.41, 5.74) is 2.65. The number of urea groups is 1. The number of amides is 2. The molecule has 0 bridgehead atoms. The summed E-state index contributed by atoms with van der Waals surface area (Å²) in [6.45, 7) is 8.66. The van der Waals surface area contributed by atoms with Crippen molar-refractivity contribution in [2.45, 2.75) is 90.0 Å². The normalized spacial score (nSPS) is 20.2. The molecule has 0 spiro atoms. The third-order valence-electron chi connectivity index (χ3n) is 8.17. The quantitative estimate of drug-likeness (QED) is 0.210. The van der Waals surface area contributed by atoms with Crippen molar-refractivity contribution >= 4 is 17.8 Å². The van der Waals surface area contributed by atoms with Crippen molar-refractivity contribution in [2.75, 3.05) is 11.9 Å². The number of likely N-dealkylation sites (tertiary alicyclic amines) is 1. The third kappa shape index (κ3) is 6.88. The molecule has 3 atom stereocenters. The molecule has 1 fully saturated rings. The molecule has 2 aliphatic rings. The van der Waals surface area contributed by atoms with Gasteiger partial charge in [-0.3, -0.25) is 20.7 Å². The number of carbonyl (C=O) groups is 1. The minimum absolute atomic E-state index is 0.230. The number of benzene rings is 1. The summed E-state index contributed by atoms with van der Waals surface area (Å²) in [5, 5.41) is 32.8. The van der Waals surface area contributed by atoms with E-state index >= 15 is 0 Å². The van der Waals surface area contributed by atoms with E-state index in [1.807, 2.05) is 45.0 Å². The number of nitrogens with zero attached hydrogens (tertiary/aromatic N) is 4. The number of ether oxygens (including phenoxy) is 1. The average Bonchev–Trinajstić information content (AvgIpc) is 2.98. The topological polar surface area (TPSA) is 152 Å². The van der Waals surface area contributed by atoms with Gasteiger partial charge in [-0.15, -0.1) is 0 Å². The Balaban J connectivity index is 1.30. The fraction of sp³-hybridized carbons (Fsp3) is 0.469. The van der Waals surface area contributed by atoms with Crippen molar-refractivity contribution in [3.8, 4) is 5.75 Å². The number of fused-ring (bicyclic) bond motifs is 1. The predicted octanol–water partition coefficient (Wildman–Crippen LogP) is 4.98. The van der Waals surface area contributed by atoms with Crippen LogP contribution in [0.3, 0.4) is 0 Å². The molecule has 0 radical (unpaired) electrons. The highest BCUT2D eigenvalue weighted by molar-refractivity contribution is 5.88. The highest BCUT2D eigenvalue weighted by atomic mass is 16.5. The number of pyridine rings is 1. The van der Waals surface area contributed by atoms with Crippen LogP contribution in [0.5, 0.6) is 5.75 Å². The highest BCUT2D eigenvalue weighted by Gasteiger charge is 2.30. The molecule has 1 aromatic carbocycles. The minimum Gasteiger partial charge on any atom is -0.484 e. The van der Waals surface area contributed by atoms with Crippen molar-refractivity contribution in [1.29, 1.82) is 10.8 Å². The standard InChI is InChI=1S/C32H42N8O3/c1-20-9-7-8-16-39(20)30(34)40-18-21(12-15-27(40)33)43-25-14-13-24(22-10-5-6-11-23(22)25)35-31(42)38-28-17-26(32(2,3)4)36-29(19-41)37-28/h5-6,10-12,15,17-18,20,24-25,33-34,41H,7-9,13-14,16,19H2,1-4H3,(H2,35,36,37,38,42)/t20-,24-,25+/m0/s1. The smallest absolute Gasteiger partial charge is 0.320 e. The lowest BCUT2D eigenvalue weighted by Crippen LogP contribution is -2.47. The van der Waals surface area contributed by atoms with Gasteiger partial charge in [-0.25, -0.2) is 14.8 Å². The molecule has 11 heteroatoms. The largest absolute Gasteiger partial charge is 0.484 e. The van der Waals surface area contributed by atoms with E-state index in [0.717, 1.165) is 42.6 Å². The Morgan fingerprint density at radius 2 is 1.86 bits per heavy atom. The van der Waals surface area contributed by atoms with Crippen LogP contribution in [0.15, 0.2) is 48.7 Å². The Morgan fingerprint density at radius 3 is 2.58 bits per heavy atom. The molecule has 1 aliphatic carbocycles. The molecule has 43 heavy (non-hydrogen) atoms. The zero-order chi connectivity index (χ0) is 30.7. The molecule has 1 saturated heterocycles. The zero-order valence-corrected chi connectivity index (χ0v) is 25.4. The van der Waals surface area contributed by atoms with Crippen molar-refractivity contribution in [2.24, 2.45) is 0 Å². The lowest BCUT2D eigenvalue weighted by atomic mass is 9.85. The maximum Gasteiger partial charge on any atom is 0.320 e. The Kier molecular flexibility index (Phi) is 8.82. The molecule has 5 rings (SSSR count). The third-order valence-corrected chi connectivity index (χ3v) is 8.17. The van der Waals surface area contributed by atoms with E-state index < -0.39 is 0 Å². The summed E-state index contributed by atoms with van der Waals surface area (Å²) in [6, 6.07) is 12.8. The zero-order valence-electron chi connectivity index (χ0n) is 25.4.